The summed E-state index contributed by atoms with van der Waals surface area (Å²) in [6, 6.07) is 9.08. The van der Waals surface area contributed by atoms with E-state index in [9.17, 15) is 4.39 Å². The third-order valence-electron chi connectivity index (χ3n) is 3.12. The minimum Gasteiger partial charge on any atom is -0.330 e. The van der Waals surface area contributed by atoms with Crippen molar-refractivity contribution in [3.8, 4) is 5.69 Å². The molecule has 0 radical (unpaired) electrons. The van der Waals surface area contributed by atoms with Crippen molar-refractivity contribution in [1.29, 1.82) is 0 Å². The Labute approximate surface area is 136 Å². The molecule has 0 spiro atoms. The fraction of sp³-hybridized carbons (Fsp3) is 0.0714. The number of fused-ring (bicyclic) bond motifs is 1. The smallest absolute Gasteiger partial charge is 0.182 e. The van der Waals surface area contributed by atoms with Crippen molar-refractivity contribution in [3.63, 3.8) is 0 Å². The highest BCUT2D eigenvalue weighted by atomic mass is 79.9. The van der Waals surface area contributed by atoms with Crippen LogP contribution in [0.15, 0.2) is 39.3 Å². The van der Waals surface area contributed by atoms with Gasteiger partial charge in [-0.3, -0.25) is 4.57 Å². The third kappa shape index (κ3) is 2.25. The van der Waals surface area contributed by atoms with Crippen LogP contribution in [0.3, 0.4) is 0 Å². The zero-order valence-corrected chi connectivity index (χ0v) is 14.4. The first-order chi connectivity index (χ1) is 9.47. The van der Waals surface area contributed by atoms with Crippen molar-refractivity contribution < 1.29 is 4.39 Å². The highest BCUT2D eigenvalue weighted by Crippen LogP contribution is 2.27. The number of benzene rings is 2. The number of nitrogens with zero attached hydrogens (tertiary/aromatic N) is 1. The van der Waals surface area contributed by atoms with Gasteiger partial charge in [0.05, 0.1) is 21.2 Å². The molecule has 0 atom stereocenters. The van der Waals surface area contributed by atoms with E-state index in [0.29, 0.717) is 9.24 Å². The Balaban J connectivity index is 2.38. The molecule has 0 aliphatic heterocycles. The highest BCUT2D eigenvalue weighted by molar-refractivity contribution is 9.10. The lowest BCUT2D eigenvalue weighted by Gasteiger charge is -2.09. The van der Waals surface area contributed by atoms with Crippen LogP contribution < -0.4 is 0 Å². The Kier molecular flexibility index (Phi) is 3.56. The number of aryl methyl sites for hydroxylation is 1. The van der Waals surface area contributed by atoms with Crippen LogP contribution in [0.25, 0.3) is 16.7 Å². The molecule has 0 saturated carbocycles. The van der Waals surface area contributed by atoms with E-state index < -0.39 is 0 Å². The SMILES string of the molecule is Cc1cc(Br)c(F)cc1-n1c(=S)[nH]c2cc(Br)ccc21. The lowest BCUT2D eigenvalue weighted by atomic mass is 10.2. The van der Waals surface area contributed by atoms with E-state index in [2.05, 4.69) is 36.8 Å². The number of H-pyrrole nitrogens is 1. The molecule has 0 aliphatic carbocycles. The minimum absolute atomic E-state index is 0.307. The number of imidazole rings is 1. The molecule has 2 aromatic carbocycles. The maximum atomic E-state index is 13.8. The van der Waals surface area contributed by atoms with Crippen LogP contribution in [0, 0.1) is 17.5 Å². The predicted octanol–water partition coefficient (Wildman–Crippen LogP) is 5.66. The summed E-state index contributed by atoms with van der Waals surface area (Å²) < 4.78 is 17.6. The van der Waals surface area contributed by atoms with Gasteiger partial charge < -0.3 is 4.98 Å². The second kappa shape index (κ2) is 5.09. The summed E-state index contributed by atoms with van der Waals surface area (Å²) in [5.41, 5.74) is 3.51. The molecule has 20 heavy (non-hydrogen) atoms. The lowest BCUT2D eigenvalue weighted by Crippen LogP contribution is -1.98. The first-order valence-electron chi connectivity index (χ1n) is 5.83. The summed E-state index contributed by atoms with van der Waals surface area (Å²) in [6.07, 6.45) is 0. The van der Waals surface area contributed by atoms with Gasteiger partial charge in [-0.2, -0.15) is 0 Å². The number of nitrogens with one attached hydrogen (secondary N) is 1. The highest BCUT2D eigenvalue weighted by Gasteiger charge is 2.12. The fourth-order valence-corrected chi connectivity index (χ4v) is 3.33. The third-order valence-corrected chi connectivity index (χ3v) is 4.51. The normalized spacial score (nSPS) is 11.2. The van der Waals surface area contributed by atoms with E-state index in [1.165, 1.54) is 6.07 Å². The van der Waals surface area contributed by atoms with Gasteiger partial charge in [0.2, 0.25) is 0 Å². The summed E-state index contributed by atoms with van der Waals surface area (Å²) in [7, 11) is 0. The monoisotopic (exact) mass is 414 g/mol. The number of aromatic nitrogens is 2. The number of hydrogen-bond acceptors (Lipinski definition) is 1. The minimum atomic E-state index is -0.307. The topological polar surface area (TPSA) is 20.7 Å². The molecular weight excluding hydrogens is 407 g/mol. The molecule has 3 rings (SSSR count). The van der Waals surface area contributed by atoms with E-state index in [0.717, 1.165) is 26.8 Å². The van der Waals surface area contributed by atoms with Crippen molar-refractivity contribution in [1.82, 2.24) is 9.55 Å². The summed E-state index contributed by atoms with van der Waals surface area (Å²) in [4.78, 5) is 3.14. The van der Waals surface area contributed by atoms with E-state index in [1.54, 1.807) is 6.07 Å². The summed E-state index contributed by atoms with van der Waals surface area (Å²) in [6.45, 7) is 1.93. The molecule has 1 aromatic heterocycles. The Hall–Kier alpha value is -0.980. The summed E-state index contributed by atoms with van der Waals surface area (Å²) in [5.74, 6) is -0.307. The molecule has 1 N–H and O–H groups in total. The average molecular weight is 416 g/mol. The van der Waals surface area contributed by atoms with Crippen molar-refractivity contribution in [2.45, 2.75) is 6.92 Å². The molecule has 0 aliphatic rings. The van der Waals surface area contributed by atoms with Gasteiger partial charge in [0.1, 0.15) is 5.82 Å². The molecule has 0 saturated heterocycles. The van der Waals surface area contributed by atoms with Crippen LogP contribution >= 0.6 is 44.1 Å². The lowest BCUT2D eigenvalue weighted by molar-refractivity contribution is 0.619. The molecule has 0 bridgehead atoms. The van der Waals surface area contributed by atoms with E-state index in [1.807, 2.05) is 29.7 Å². The van der Waals surface area contributed by atoms with Gasteiger partial charge in [-0.25, -0.2) is 4.39 Å². The zero-order chi connectivity index (χ0) is 14.4. The molecular formula is C14H9Br2FN2S. The van der Waals surface area contributed by atoms with Crippen LogP contribution in [-0.2, 0) is 0 Å². The quantitative estimate of drug-likeness (QED) is 0.508. The van der Waals surface area contributed by atoms with E-state index in [4.69, 9.17) is 12.2 Å². The molecule has 3 aromatic rings. The molecule has 0 fully saturated rings. The van der Waals surface area contributed by atoms with Crippen LogP contribution in [0.4, 0.5) is 4.39 Å². The number of hydrogen-bond donors (Lipinski definition) is 1. The van der Waals surface area contributed by atoms with Crippen LogP contribution in [0.5, 0.6) is 0 Å². The Morgan fingerprint density at radius 2 is 1.95 bits per heavy atom. The Morgan fingerprint density at radius 3 is 2.70 bits per heavy atom. The molecule has 0 unspecified atom stereocenters. The van der Waals surface area contributed by atoms with E-state index >= 15 is 0 Å². The summed E-state index contributed by atoms with van der Waals surface area (Å²) in [5, 5.41) is 0. The second-order valence-electron chi connectivity index (χ2n) is 4.48. The van der Waals surface area contributed by atoms with Crippen molar-refractivity contribution >= 4 is 55.1 Å². The number of rotatable bonds is 1. The average Bonchev–Trinajstić information content (AvgIpc) is 2.69. The van der Waals surface area contributed by atoms with Gasteiger partial charge in [0, 0.05) is 4.47 Å². The molecule has 6 heteroatoms. The number of halogens is 3. The van der Waals surface area contributed by atoms with Gasteiger partial charge in [0.25, 0.3) is 0 Å². The van der Waals surface area contributed by atoms with Gasteiger partial charge in [-0.15, -0.1) is 0 Å². The van der Waals surface area contributed by atoms with Gasteiger partial charge in [-0.1, -0.05) is 15.9 Å². The van der Waals surface area contributed by atoms with Crippen molar-refractivity contribution in [2.75, 3.05) is 0 Å². The molecule has 2 nitrogen and oxygen atoms in total. The van der Waals surface area contributed by atoms with E-state index in [-0.39, 0.29) is 5.82 Å². The first kappa shape index (κ1) is 14.0. The predicted molar refractivity (Wildman–Crippen MR) is 88.6 cm³/mol. The summed E-state index contributed by atoms with van der Waals surface area (Å²) >= 11 is 12.0. The van der Waals surface area contributed by atoms with Crippen molar-refractivity contribution in [3.05, 3.63) is 55.4 Å². The maximum Gasteiger partial charge on any atom is 0.182 e. The van der Waals surface area contributed by atoms with Crippen LogP contribution in [-0.4, -0.2) is 9.55 Å². The zero-order valence-electron chi connectivity index (χ0n) is 10.4. The van der Waals surface area contributed by atoms with Gasteiger partial charge in [0.15, 0.2) is 4.77 Å². The molecule has 102 valence electrons. The van der Waals surface area contributed by atoms with Gasteiger partial charge in [-0.05, 0) is 71.0 Å². The standard InChI is InChI=1S/C14H9Br2FN2S/c1-7-4-9(16)10(17)6-13(7)19-12-3-2-8(15)5-11(12)18-14(19)20/h2-6H,1H3,(H,18,20). The van der Waals surface area contributed by atoms with Gasteiger partial charge >= 0.3 is 0 Å². The largest absolute Gasteiger partial charge is 0.330 e. The van der Waals surface area contributed by atoms with Crippen LogP contribution in [0.2, 0.25) is 0 Å². The fourth-order valence-electron chi connectivity index (χ4n) is 2.20. The maximum absolute atomic E-state index is 13.8. The van der Waals surface area contributed by atoms with Crippen molar-refractivity contribution in [2.24, 2.45) is 0 Å². The Bertz CT molecular complexity index is 883. The second-order valence-corrected chi connectivity index (χ2v) is 6.64. The number of aromatic amines is 1. The molecule has 1 heterocycles. The molecule has 0 amide bonds. The first-order valence-corrected chi connectivity index (χ1v) is 7.83. The Morgan fingerprint density at radius 1 is 1.20 bits per heavy atom. The van der Waals surface area contributed by atoms with Crippen LogP contribution in [0.1, 0.15) is 5.56 Å².